The van der Waals surface area contributed by atoms with Crippen molar-refractivity contribution in [1.82, 2.24) is 20.6 Å². The average Bonchev–Trinajstić information content (AvgIpc) is 3.45. The first-order valence-electron chi connectivity index (χ1n) is 8.12. The van der Waals surface area contributed by atoms with Crippen molar-refractivity contribution in [2.75, 3.05) is 0 Å². The van der Waals surface area contributed by atoms with Gasteiger partial charge in [0.2, 0.25) is 0 Å². The Morgan fingerprint density at radius 2 is 2.09 bits per heavy atom. The smallest absolute Gasteiger partial charge is 0.315 e. The Morgan fingerprint density at radius 1 is 1.26 bits per heavy atom. The molecule has 23 heavy (non-hydrogen) atoms. The fraction of sp³-hybridized carbons (Fsp3) is 0.562. The molecule has 2 aromatic rings. The van der Waals surface area contributed by atoms with Crippen LogP contribution in [0, 0.1) is 5.92 Å². The maximum atomic E-state index is 12.3. The number of carbonyl (C=O) groups is 1. The van der Waals surface area contributed by atoms with Crippen LogP contribution in [0.3, 0.4) is 0 Å². The lowest BCUT2D eigenvalue weighted by Gasteiger charge is -2.18. The normalized spacial score (nSPS) is 20.0. The van der Waals surface area contributed by atoms with Crippen LogP contribution in [0.25, 0.3) is 0 Å². The van der Waals surface area contributed by atoms with Gasteiger partial charge in [-0.25, -0.2) is 14.8 Å². The number of rotatable bonds is 6. The molecule has 2 heterocycles. The van der Waals surface area contributed by atoms with Crippen LogP contribution in [0.5, 0.6) is 0 Å². The van der Waals surface area contributed by atoms with Crippen LogP contribution in [0.2, 0.25) is 0 Å². The SMILES string of the molecule is C[C@H](NC(=O)N[C@H](c1nccs1)C1CC1)c1csc(C2CC2)n1. The molecule has 0 spiro atoms. The third-order valence-corrected chi connectivity index (χ3v) is 6.24. The van der Waals surface area contributed by atoms with Gasteiger partial charge in [-0.2, -0.15) is 0 Å². The Kier molecular flexibility index (Phi) is 4.07. The van der Waals surface area contributed by atoms with Gasteiger partial charge in [0.25, 0.3) is 0 Å². The van der Waals surface area contributed by atoms with Crippen molar-refractivity contribution in [3.05, 3.63) is 32.7 Å². The van der Waals surface area contributed by atoms with Gasteiger partial charge in [0.15, 0.2) is 0 Å². The van der Waals surface area contributed by atoms with E-state index < -0.39 is 0 Å². The van der Waals surface area contributed by atoms with Crippen molar-refractivity contribution >= 4 is 28.7 Å². The molecule has 0 bridgehead atoms. The Labute approximate surface area is 143 Å². The van der Waals surface area contributed by atoms with Crippen molar-refractivity contribution in [3.63, 3.8) is 0 Å². The van der Waals surface area contributed by atoms with Gasteiger partial charge in [-0.15, -0.1) is 22.7 Å². The summed E-state index contributed by atoms with van der Waals surface area (Å²) in [6.45, 7) is 1.99. The molecule has 2 aliphatic rings. The molecule has 0 aliphatic heterocycles. The van der Waals surface area contributed by atoms with Crippen molar-refractivity contribution in [2.45, 2.75) is 50.6 Å². The van der Waals surface area contributed by atoms with E-state index in [9.17, 15) is 4.79 Å². The molecule has 2 aromatic heterocycles. The maximum absolute atomic E-state index is 12.3. The number of thiazole rings is 2. The van der Waals surface area contributed by atoms with Crippen LogP contribution >= 0.6 is 22.7 Å². The number of nitrogens with zero attached hydrogens (tertiary/aromatic N) is 2. The number of urea groups is 1. The molecular weight excluding hydrogens is 328 g/mol. The highest BCUT2D eigenvalue weighted by molar-refractivity contribution is 7.10. The van der Waals surface area contributed by atoms with Gasteiger partial charge in [-0.1, -0.05) is 0 Å². The van der Waals surface area contributed by atoms with E-state index in [0.717, 1.165) is 23.5 Å². The van der Waals surface area contributed by atoms with E-state index >= 15 is 0 Å². The van der Waals surface area contributed by atoms with E-state index in [-0.39, 0.29) is 18.1 Å². The zero-order valence-electron chi connectivity index (χ0n) is 13.0. The molecule has 2 fully saturated rings. The van der Waals surface area contributed by atoms with Crippen molar-refractivity contribution in [2.24, 2.45) is 5.92 Å². The highest BCUT2D eigenvalue weighted by atomic mass is 32.1. The van der Waals surface area contributed by atoms with E-state index in [2.05, 4.69) is 26.0 Å². The highest BCUT2D eigenvalue weighted by Crippen LogP contribution is 2.42. The summed E-state index contributed by atoms with van der Waals surface area (Å²) in [4.78, 5) is 21.4. The summed E-state index contributed by atoms with van der Waals surface area (Å²) in [5.41, 5.74) is 0.962. The fourth-order valence-electron chi connectivity index (χ4n) is 2.67. The summed E-state index contributed by atoms with van der Waals surface area (Å²) in [5, 5.41) is 12.4. The minimum Gasteiger partial charge on any atom is -0.330 e. The minimum absolute atomic E-state index is 0.0414. The maximum Gasteiger partial charge on any atom is 0.315 e. The minimum atomic E-state index is -0.134. The Morgan fingerprint density at radius 3 is 2.74 bits per heavy atom. The van der Waals surface area contributed by atoms with Crippen molar-refractivity contribution in [3.8, 4) is 0 Å². The molecule has 5 nitrogen and oxygen atoms in total. The molecule has 0 unspecified atom stereocenters. The van der Waals surface area contributed by atoms with Gasteiger partial charge in [-0.05, 0) is 38.5 Å². The lowest BCUT2D eigenvalue weighted by Crippen LogP contribution is -2.40. The lowest BCUT2D eigenvalue weighted by molar-refractivity contribution is 0.232. The van der Waals surface area contributed by atoms with Gasteiger partial charge in [0.1, 0.15) is 5.01 Å². The second-order valence-electron chi connectivity index (χ2n) is 6.41. The topological polar surface area (TPSA) is 66.9 Å². The van der Waals surface area contributed by atoms with Gasteiger partial charge in [-0.3, -0.25) is 0 Å². The molecular formula is C16H20N4OS2. The lowest BCUT2D eigenvalue weighted by atomic mass is 10.2. The predicted octanol–water partition coefficient (Wildman–Crippen LogP) is 3.99. The zero-order valence-corrected chi connectivity index (χ0v) is 14.6. The monoisotopic (exact) mass is 348 g/mol. The van der Waals surface area contributed by atoms with E-state index in [0.29, 0.717) is 11.8 Å². The summed E-state index contributed by atoms with van der Waals surface area (Å²) in [5.74, 6) is 1.20. The first kappa shape index (κ1) is 15.1. The van der Waals surface area contributed by atoms with Crippen LogP contribution in [-0.2, 0) is 0 Å². The third-order valence-electron chi connectivity index (χ3n) is 4.36. The number of hydrogen-bond acceptors (Lipinski definition) is 5. The molecule has 0 radical (unpaired) electrons. The Hall–Kier alpha value is -1.47. The first-order valence-corrected chi connectivity index (χ1v) is 9.88. The second kappa shape index (κ2) is 6.20. The molecule has 122 valence electrons. The van der Waals surface area contributed by atoms with E-state index in [1.54, 1.807) is 28.9 Å². The number of aromatic nitrogens is 2. The Balaban J connectivity index is 1.36. The molecule has 0 saturated heterocycles. The number of amides is 2. The van der Waals surface area contributed by atoms with Crippen LogP contribution in [0.15, 0.2) is 17.0 Å². The van der Waals surface area contributed by atoms with Crippen LogP contribution in [0.1, 0.15) is 66.3 Å². The third kappa shape index (κ3) is 3.55. The zero-order chi connectivity index (χ0) is 15.8. The quantitative estimate of drug-likeness (QED) is 0.829. The molecule has 2 N–H and O–H groups in total. The Bertz CT molecular complexity index is 676. The van der Waals surface area contributed by atoms with Gasteiger partial charge in [0.05, 0.1) is 22.8 Å². The summed E-state index contributed by atoms with van der Waals surface area (Å²) in [7, 11) is 0. The summed E-state index contributed by atoms with van der Waals surface area (Å²) < 4.78 is 0. The van der Waals surface area contributed by atoms with Crippen LogP contribution in [0.4, 0.5) is 4.79 Å². The molecule has 0 aromatic carbocycles. The standard InChI is InChI=1S/C16H20N4OS2/c1-9(12-8-23-14(19-12)11-4-5-11)18-16(21)20-13(10-2-3-10)15-17-6-7-22-15/h6-11,13H,2-5H2,1H3,(H2,18,20,21)/t9-,13-/m0/s1. The summed E-state index contributed by atoms with van der Waals surface area (Å²) >= 11 is 3.32. The summed E-state index contributed by atoms with van der Waals surface area (Å²) in [6.07, 6.45) is 6.64. The first-order chi connectivity index (χ1) is 11.2. The number of hydrogen-bond donors (Lipinski definition) is 2. The largest absolute Gasteiger partial charge is 0.330 e. The van der Waals surface area contributed by atoms with Crippen LogP contribution < -0.4 is 10.6 Å². The number of nitrogens with one attached hydrogen (secondary N) is 2. The molecule has 4 rings (SSSR count). The summed E-state index contributed by atoms with van der Waals surface area (Å²) in [6, 6.07) is -0.167. The van der Waals surface area contributed by atoms with Crippen LogP contribution in [-0.4, -0.2) is 16.0 Å². The highest BCUT2D eigenvalue weighted by Gasteiger charge is 2.35. The average molecular weight is 348 g/mol. The van der Waals surface area contributed by atoms with Gasteiger partial charge in [0, 0.05) is 22.9 Å². The second-order valence-corrected chi connectivity index (χ2v) is 8.23. The number of carbonyl (C=O) groups excluding carboxylic acids is 1. The fourth-order valence-corrected chi connectivity index (χ4v) is 4.54. The molecule has 7 heteroatoms. The molecule has 2 saturated carbocycles. The molecule has 2 aliphatic carbocycles. The van der Waals surface area contributed by atoms with Gasteiger partial charge >= 0.3 is 6.03 Å². The van der Waals surface area contributed by atoms with Crippen molar-refractivity contribution in [1.29, 1.82) is 0 Å². The van der Waals surface area contributed by atoms with E-state index in [1.165, 1.54) is 17.8 Å². The molecule has 2 atom stereocenters. The van der Waals surface area contributed by atoms with Gasteiger partial charge < -0.3 is 10.6 Å². The van der Waals surface area contributed by atoms with E-state index in [4.69, 9.17) is 0 Å². The molecule has 2 amide bonds. The van der Waals surface area contributed by atoms with E-state index in [1.807, 2.05) is 12.3 Å². The van der Waals surface area contributed by atoms with Crippen molar-refractivity contribution < 1.29 is 4.79 Å². The predicted molar refractivity (Wildman–Crippen MR) is 91.8 cm³/mol.